The van der Waals surface area contributed by atoms with Crippen molar-refractivity contribution in [1.82, 2.24) is 25.0 Å². The zero-order valence-electron chi connectivity index (χ0n) is 18.5. The molecule has 168 valence electrons. The van der Waals surface area contributed by atoms with Crippen LogP contribution in [-0.4, -0.2) is 70.2 Å². The molecular weight excluding hydrogens is 410 g/mol. The van der Waals surface area contributed by atoms with Crippen LogP contribution in [0.15, 0.2) is 48.1 Å². The molecule has 1 N–H and O–H groups in total. The monoisotopic (exact) mass is 443 g/mol. The summed E-state index contributed by atoms with van der Waals surface area (Å²) in [5.74, 6) is 1.77. The van der Waals surface area contributed by atoms with E-state index in [2.05, 4.69) is 53.0 Å². The van der Waals surface area contributed by atoms with Crippen molar-refractivity contribution >= 4 is 17.7 Å². The number of benzene rings is 1. The fourth-order valence-corrected chi connectivity index (χ4v) is 4.44. The molecule has 1 aromatic carbocycles. The van der Waals surface area contributed by atoms with E-state index < -0.39 is 0 Å². The Morgan fingerprint density at radius 3 is 2.90 bits per heavy atom. The van der Waals surface area contributed by atoms with Crippen LogP contribution in [0.3, 0.4) is 0 Å². The quantitative estimate of drug-likeness (QED) is 0.425. The first-order valence-electron chi connectivity index (χ1n) is 10.9. The molecule has 8 heteroatoms. The van der Waals surface area contributed by atoms with Crippen LogP contribution in [0.25, 0.3) is 0 Å². The molecule has 0 aliphatic carbocycles. The average Bonchev–Trinajstić information content (AvgIpc) is 3.13. The summed E-state index contributed by atoms with van der Waals surface area (Å²) < 4.78 is 7.83. The van der Waals surface area contributed by atoms with Crippen LogP contribution < -0.4 is 5.32 Å². The van der Waals surface area contributed by atoms with E-state index in [1.54, 1.807) is 0 Å². The number of allylic oxidation sites excluding steroid dienone is 1. The first-order valence-corrected chi connectivity index (χ1v) is 11.8. The van der Waals surface area contributed by atoms with Gasteiger partial charge < -0.3 is 14.6 Å². The standard InChI is InChI=1S/C23H33N5O2S/c1-4-10-28-21(13-19-8-6-5-7-9-19)25-26-23(28)31-17-22(29)24-14-20-16-27(11-12-30-20)15-18(2)3/h4-9,18,20H,1,10-17H2,2-3H3,(H,24,29). The molecule has 0 spiro atoms. The topological polar surface area (TPSA) is 72.3 Å². The molecule has 1 amide bonds. The van der Waals surface area contributed by atoms with E-state index in [1.165, 1.54) is 17.3 Å². The van der Waals surface area contributed by atoms with Crippen LogP contribution >= 0.6 is 11.8 Å². The molecule has 1 aromatic heterocycles. The SMILES string of the molecule is C=CCn1c(Cc2ccccc2)nnc1SCC(=O)NCC1CN(CC(C)C)CCO1. The lowest BCUT2D eigenvalue weighted by Gasteiger charge is -2.33. The van der Waals surface area contributed by atoms with Crippen molar-refractivity contribution in [3.8, 4) is 0 Å². The summed E-state index contributed by atoms with van der Waals surface area (Å²) in [6.07, 6.45) is 2.56. The molecule has 0 saturated carbocycles. The van der Waals surface area contributed by atoms with Crippen LogP contribution in [0, 0.1) is 5.92 Å². The Morgan fingerprint density at radius 1 is 1.35 bits per heavy atom. The number of carbonyl (C=O) groups excluding carboxylic acids is 1. The van der Waals surface area contributed by atoms with E-state index in [0.717, 1.165) is 37.2 Å². The van der Waals surface area contributed by atoms with Crippen molar-refractivity contribution in [2.45, 2.75) is 38.1 Å². The predicted octanol–water partition coefficient (Wildman–Crippen LogP) is 2.62. The summed E-state index contributed by atoms with van der Waals surface area (Å²) >= 11 is 1.40. The second-order valence-electron chi connectivity index (χ2n) is 8.20. The van der Waals surface area contributed by atoms with Crippen LogP contribution in [0.5, 0.6) is 0 Å². The van der Waals surface area contributed by atoms with Gasteiger partial charge in [-0.2, -0.15) is 0 Å². The summed E-state index contributed by atoms with van der Waals surface area (Å²) in [5.41, 5.74) is 1.17. The Balaban J connectivity index is 1.49. The lowest BCUT2D eigenvalue weighted by Crippen LogP contribution is -2.48. The number of amides is 1. The van der Waals surface area contributed by atoms with Crippen LogP contribution in [0.1, 0.15) is 25.2 Å². The third-order valence-electron chi connectivity index (χ3n) is 5.02. The van der Waals surface area contributed by atoms with Crippen molar-refractivity contribution < 1.29 is 9.53 Å². The van der Waals surface area contributed by atoms with Gasteiger partial charge in [0.15, 0.2) is 5.16 Å². The number of hydrogen-bond donors (Lipinski definition) is 1. The maximum absolute atomic E-state index is 12.4. The van der Waals surface area contributed by atoms with E-state index >= 15 is 0 Å². The predicted molar refractivity (Wildman–Crippen MR) is 124 cm³/mol. The Morgan fingerprint density at radius 2 is 2.16 bits per heavy atom. The van der Waals surface area contributed by atoms with Crippen molar-refractivity contribution in [2.75, 3.05) is 38.5 Å². The highest BCUT2D eigenvalue weighted by Crippen LogP contribution is 2.19. The molecule has 1 atom stereocenters. The van der Waals surface area contributed by atoms with E-state index in [0.29, 0.717) is 31.2 Å². The van der Waals surface area contributed by atoms with E-state index in [9.17, 15) is 4.79 Å². The van der Waals surface area contributed by atoms with Crippen molar-refractivity contribution in [1.29, 1.82) is 0 Å². The summed E-state index contributed by atoms with van der Waals surface area (Å²) in [5, 5.41) is 12.4. The van der Waals surface area contributed by atoms with Gasteiger partial charge >= 0.3 is 0 Å². The summed E-state index contributed by atoms with van der Waals surface area (Å²) in [4.78, 5) is 14.8. The van der Waals surface area contributed by atoms with Gasteiger partial charge in [-0.15, -0.1) is 16.8 Å². The third kappa shape index (κ3) is 7.48. The molecule has 31 heavy (non-hydrogen) atoms. The molecule has 2 aromatic rings. The van der Waals surface area contributed by atoms with Crippen LogP contribution in [0.2, 0.25) is 0 Å². The minimum absolute atomic E-state index is 0.0210. The van der Waals surface area contributed by atoms with Crippen molar-refractivity contribution in [3.63, 3.8) is 0 Å². The number of nitrogens with zero attached hydrogens (tertiary/aromatic N) is 4. The van der Waals surface area contributed by atoms with Gasteiger partial charge in [0.1, 0.15) is 5.82 Å². The maximum atomic E-state index is 12.4. The average molecular weight is 444 g/mol. The number of nitrogens with one attached hydrogen (secondary N) is 1. The van der Waals surface area contributed by atoms with Crippen molar-refractivity contribution in [3.05, 3.63) is 54.4 Å². The highest BCUT2D eigenvalue weighted by atomic mass is 32.2. The largest absolute Gasteiger partial charge is 0.374 e. The van der Waals surface area contributed by atoms with Gasteiger partial charge in [-0.1, -0.05) is 62.0 Å². The normalized spacial score (nSPS) is 17.1. The molecule has 1 saturated heterocycles. The first-order chi connectivity index (χ1) is 15.0. The highest BCUT2D eigenvalue weighted by Gasteiger charge is 2.21. The van der Waals surface area contributed by atoms with E-state index in [-0.39, 0.29) is 12.0 Å². The fourth-order valence-electron chi connectivity index (χ4n) is 3.64. The second kappa shape index (κ2) is 12.0. The molecule has 0 radical (unpaired) electrons. The molecule has 2 heterocycles. The fraction of sp³-hybridized carbons (Fsp3) is 0.522. The number of thioether (sulfide) groups is 1. The Kier molecular flexibility index (Phi) is 9.12. The van der Waals surface area contributed by atoms with Gasteiger partial charge in [-0.3, -0.25) is 9.69 Å². The summed E-state index contributed by atoms with van der Waals surface area (Å²) in [6, 6.07) is 10.2. The number of rotatable bonds is 11. The van der Waals surface area contributed by atoms with Gasteiger partial charge in [0.25, 0.3) is 0 Å². The highest BCUT2D eigenvalue weighted by molar-refractivity contribution is 7.99. The van der Waals surface area contributed by atoms with Gasteiger partial charge in [0, 0.05) is 39.1 Å². The number of morpholine rings is 1. The van der Waals surface area contributed by atoms with Gasteiger partial charge in [-0.05, 0) is 11.5 Å². The molecule has 0 bridgehead atoms. The summed E-state index contributed by atoms with van der Waals surface area (Å²) in [6.45, 7) is 13.0. The zero-order valence-corrected chi connectivity index (χ0v) is 19.3. The smallest absolute Gasteiger partial charge is 0.230 e. The minimum Gasteiger partial charge on any atom is -0.374 e. The van der Waals surface area contributed by atoms with Crippen molar-refractivity contribution in [2.24, 2.45) is 5.92 Å². The molecule has 1 unspecified atom stereocenters. The Hall–Kier alpha value is -2.16. The molecular formula is C23H33N5O2S. The van der Waals surface area contributed by atoms with Crippen LogP contribution in [0.4, 0.5) is 0 Å². The first kappa shape index (κ1) is 23.5. The second-order valence-corrected chi connectivity index (χ2v) is 9.14. The molecule has 3 rings (SSSR count). The number of carbonyl (C=O) groups is 1. The maximum Gasteiger partial charge on any atom is 0.230 e. The van der Waals surface area contributed by atoms with E-state index in [1.807, 2.05) is 28.8 Å². The molecule has 1 fully saturated rings. The van der Waals surface area contributed by atoms with E-state index in [4.69, 9.17) is 4.74 Å². The lowest BCUT2D eigenvalue weighted by molar-refractivity contribution is -0.119. The lowest BCUT2D eigenvalue weighted by atomic mass is 10.1. The van der Waals surface area contributed by atoms with Gasteiger partial charge in [0.05, 0.1) is 18.5 Å². The number of ether oxygens (including phenoxy) is 1. The number of aromatic nitrogens is 3. The molecule has 1 aliphatic rings. The van der Waals surface area contributed by atoms with Gasteiger partial charge in [-0.25, -0.2) is 0 Å². The third-order valence-corrected chi connectivity index (χ3v) is 5.98. The summed E-state index contributed by atoms with van der Waals surface area (Å²) in [7, 11) is 0. The number of hydrogen-bond acceptors (Lipinski definition) is 6. The van der Waals surface area contributed by atoms with Crippen LogP contribution in [-0.2, 0) is 22.5 Å². The van der Waals surface area contributed by atoms with Gasteiger partial charge in [0.2, 0.25) is 5.91 Å². The zero-order chi connectivity index (χ0) is 22.1. The molecule has 7 nitrogen and oxygen atoms in total. The minimum atomic E-state index is -0.0210. The Bertz CT molecular complexity index is 840. The Labute approximate surface area is 189 Å². The molecule has 1 aliphatic heterocycles.